The van der Waals surface area contributed by atoms with Crippen LogP contribution in [0.2, 0.25) is 5.02 Å². The van der Waals surface area contributed by atoms with Crippen molar-refractivity contribution >= 4 is 21.6 Å². The van der Waals surface area contributed by atoms with Gasteiger partial charge in [-0.2, -0.15) is 4.31 Å². The Morgan fingerprint density at radius 2 is 1.76 bits per heavy atom. The summed E-state index contributed by atoms with van der Waals surface area (Å²) in [5, 5.41) is 0.601. The number of piperidine rings is 1. The van der Waals surface area contributed by atoms with E-state index in [0.717, 1.165) is 12.0 Å². The Morgan fingerprint density at radius 1 is 1.03 bits per heavy atom. The standard InChI is InChI=1S/C28H29ClFN2O4S/c29-20-7-9-21(10-8-20)36-22-4-2-5-23(16-22)37(33,34)32-17-25-24(26(25)18-32)15-19-3-1-6-27(28(19)30)31-11-13-35-14-12-31/h2-10,16,24-26H,1,11-15,17-18H2. The second-order valence-electron chi connectivity index (χ2n) is 10.0. The highest BCUT2D eigenvalue weighted by molar-refractivity contribution is 7.89. The Balaban J connectivity index is 1.09. The summed E-state index contributed by atoms with van der Waals surface area (Å²) in [6.07, 6.45) is 5.33. The quantitative estimate of drug-likeness (QED) is 0.465. The summed E-state index contributed by atoms with van der Waals surface area (Å²) >= 11 is 5.93. The molecule has 3 fully saturated rings. The maximum absolute atomic E-state index is 15.3. The fourth-order valence-corrected chi connectivity index (χ4v) is 7.43. The largest absolute Gasteiger partial charge is 0.457 e. The van der Waals surface area contributed by atoms with E-state index >= 15 is 4.39 Å². The van der Waals surface area contributed by atoms with Gasteiger partial charge in [0.25, 0.3) is 0 Å². The highest BCUT2D eigenvalue weighted by Gasteiger charge is 2.57. The molecule has 6 nitrogen and oxygen atoms in total. The summed E-state index contributed by atoms with van der Waals surface area (Å²) in [6.45, 7) is 3.61. The van der Waals surface area contributed by atoms with Crippen LogP contribution in [0.4, 0.5) is 4.39 Å². The minimum absolute atomic E-state index is 0.125. The fraction of sp³-hybridized carbons (Fsp3) is 0.393. The molecule has 1 radical (unpaired) electrons. The minimum Gasteiger partial charge on any atom is -0.457 e. The molecule has 2 unspecified atom stereocenters. The summed E-state index contributed by atoms with van der Waals surface area (Å²) < 4.78 is 54.9. The van der Waals surface area contributed by atoms with E-state index in [2.05, 4.69) is 4.90 Å². The van der Waals surface area contributed by atoms with Gasteiger partial charge in [0.2, 0.25) is 10.0 Å². The van der Waals surface area contributed by atoms with Crippen LogP contribution in [0, 0.1) is 24.2 Å². The number of benzene rings is 2. The number of ether oxygens (including phenoxy) is 2. The van der Waals surface area contributed by atoms with E-state index in [1.807, 2.05) is 12.5 Å². The molecule has 37 heavy (non-hydrogen) atoms. The number of nitrogens with zero attached hydrogens (tertiary/aromatic N) is 2. The van der Waals surface area contributed by atoms with Crippen molar-refractivity contribution in [3.05, 3.63) is 83.1 Å². The molecule has 4 aliphatic rings. The Labute approximate surface area is 222 Å². The first-order valence-corrected chi connectivity index (χ1v) is 14.5. The molecule has 2 heterocycles. The van der Waals surface area contributed by atoms with E-state index in [0.29, 0.717) is 74.0 Å². The van der Waals surface area contributed by atoms with Crippen LogP contribution in [0.15, 0.2) is 76.6 Å². The Bertz CT molecular complexity index is 1330. The molecule has 6 rings (SSSR count). The van der Waals surface area contributed by atoms with E-state index in [-0.39, 0.29) is 22.6 Å². The van der Waals surface area contributed by atoms with Gasteiger partial charge in [-0.3, -0.25) is 0 Å². The van der Waals surface area contributed by atoms with Crippen molar-refractivity contribution < 1.29 is 22.3 Å². The lowest BCUT2D eigenvalue weighted by atomic mass is 9.95. The number of allylic oxidation sites excluding steroid dienone is 3. The van der Waals surface area contributed by atoms with Crippen molar-refractivity contribution in [1.82, 2.24) is 9.21 Å². The van der Waals surface area contributed by atoms with Crippen LogP contribution in [-0.4, -0.2) is 57.0 Å². The third-order valence-corrected chi connectivity index (χ3v) is 9.90. The lowest BCUT2D eigenvalue weighted by Crippen LogP contribution is -2.36. The molecule has 0 bridgehead atoms. The molecular formula is C28H29ClFN2O4S. The number of halogens is 2. The van der Waals surface area contributed by atoms with Gasteiger partial charge in [-0.25, -0.2) is 12.8 Å². The topological polar surface area (TPSA) is 59.1 Å². The van der Waals surface area contributed by atoms with Crippen molar-refractivity contribution in [2.24, 2.45) is 17.8 Å². The van der Waals surface area contributed by atoms with Crippen LogP contribution in [-0.2, 0) is 14.8 Å². The summed E-state index contributed by atoms with van der Waals surface area (Å²) in [6, 6.07) is 13.5. The predicted octanol–water partition coefficient (Wildman–Crippen LogP) is 5.44. The molecule has 0 N–H and O–H groups in total. The van der Waals surface area contributed by atoms with Crippen molar-refractivity contribution in [3.8, 4) is 11.5 Å². The van der Waals surface area contributed by atoms with Gasteiger partial charge in [0.15, 0.2) is 0 Å². The maximum Gasteiger partial charge on any atom is 0.243 e. The van der Waals surface area contributed by atoms with Gasteiger partial charge < -0.3 is 14.4 Å². The molecule has 2 aliphatic carbocycles. The van der Waals surface area contributed by atoms with Gasteiger partial charge >= 0.3 is 0 Å². The molecule has 2 saturated heterocycles. The van der Waals surface area contributed by atoms with Gasteiger partial charge in [0.05, 0.1) is 23.8 Å². The normalized spacial score (nSPS) is 26.2. The number of sulfonamides is 1. The van der Waals surface area contributed by atoms with Crippen LogP contribution < -0.4 is 4.74 Å². The smallest absolute Gasteiger partial charge is 0.243 e. The van der Waals surface area contributed by atoms with Gasteiger partial charge in [0.1, 0.15) is 17.3 Å². The van der Waals surface area contributed by atoms with Gasteiger partial charge in [-0.15, -0.1) is 0 Å². The second-order valence-corrected chi connectivity index (χ2v) is 12.4. The van der Waals surface area contributed by atoms with E-state index in [4.69, 9.17) is 21.1 Å². The molecule has 195 valence electrons. The molecule has 0 amide bonds. The molecule has 0 spiro atoms. The Morgan fingerprint density at radius 3 is 2.49 bits per heavy atom. The molecule has 2 aromatic rings. The number of fused-ring (bicyclic) bond motifs is 1. The average molecular weight is 544 g/mol. The Hall–Kier alpha value is -2.39. The minimum atomic E-state index is -3.64. The highest BCUT2D eigenvalue weighted by Crippen LogP contribution is 2.56. The van der Waals surface area contributed by atoms with Crippen LogP contribution in [0.5, 0.6) is 11.5 Å². The van der Waals surface area contributed by atoms with Crippen molar-refractivity contribution in [2.45, 2.75) is 17.7 Å². The number of rotatable bonds is 7. The molecule has 0 aromatic heterocycles. The lowest BCUT2D eigenvalue weighted by Gasteiger charge is -2.32. The van der Waals surface area contributed by atoms with E-state index in [9.17, 15) is 8.42 Å². The first-order valence-electron chi connectivity index (χ1n) is 12.7. The summed E-state index contributed by atoms with van der Waals surface area (Å²) in [4.78, 5) is 2.28. The number of hydrogen-bond acceptors (Lipinski definition) is 5. The van der Waals surface area contributed by atoms with Gasteiger partial charge in [-0.1, -0.05) is 23.7 Å². The summed E-state index contributed by atoms with van der Waals surface area (Å²) in [5.74, 6) is 1.78. The monoisotopic (exact) mass is 543 g/mol. The third kappa shape index (κ3) is 5.04. The van der Waals surface area contributed by atoms with Crippen molar-refractivity contribution in [3.63, 3.8) is 0 Å². The third-order valence-electron chi connectivity index (χ3n) is 7.82. The number of morpholine rings is 1. The van der Waals surface area contributed by atoms with Gasteiger partial charge in [-0.05, 0) is 79.0 Å². The predicted molar refractivity (Wildman–Crippen MR) is 139 cm³/mol. The Kier molecular flexibility index (Phi) is 6.77. The molecule has 2 aromatic carbocycles. The summed E-state index contributed by atoms with van der Waals surface area (Å²) in [5.41, 5.74) is 1.46. The van der Waals surface area contributed by atoms with E-state index in [1.54, 1.807) is 52.8 Å². The van der Waals surface area contributed by atoms with Crippen LogP contribution in [0.25, 0.3) is 0 Å². The fourth-order valence-electron chi connectivity index (χ4n) is 5.75. The molecule has 2 aliphatic heterocycles. The second kappa shape index (κ2) is 10.1. The van der Waals surface area contributed by atoms with E-state index in [1.165, 1.54) is 0 Å². The average Bonchev–Trinajstić information content (AvgIpc) is 3.33. The molecule has 9 heteroatoms. The lowest BCUT2D eigenvalue weighted by molar-refractivity contribution is 0.0531. The first-order chi connectivity index (χ1) is 17.9. The van der Waals surface area contributed by atoms with Crippen LogP contribution in [0.3, 0.4) is 0 Å². The van der Waals surface area contributed by atoms with Crippen LogP contribution in [0.1, 0.15) is 12.8 Å². The highest BCUT2D eigenvalue weighted by atomic mass is 35.5. The zero-order chi connectivity index (χ0) is 25.6. The van der Waals surface area contributed by atoms with Crippen LogP contribution >= 0.6 is 11.6 Å². The SMILES string of the molecule is O=S(=O)(c1cccc(Oc2ccc(Cl)cc2)c1)N1CC2C(CC3=C(F)C(N4CCOCC4)=CC[CH]3)C2C1. The van der Waals surface area contributed by atoms with E-state index < -0.39 is 10.0 Å². The number of hydrogen-bond donors (Lipinski definition) is 0. The zero-order valence-corrected chi connectivity index (χ0v) is 21.9. The molecule has 2 atom stereocenters. The van der Waals surface area contributed by atoms with Gasteiger partial charge in [0, 0.05) is 37.3 Å². The summed E-state index contributed by atoms with van der Waals surface area (Å²) in [7, 11) is -3.64. The first kappa shape index (κ1) is 24.9. The van der Waals surface area contributed by atoms with Crippen molar-refractivity contribution in [1.29, 1.82) is 0 Å². The zero-order valence-electron chi connectivity index (χ0n) is 20.4. The molecule has 1 saturated carbocycles. The maximum atomic E-state index is 15.3. The van der Waals surface area contributed by atoms with Crippen molar-refractivity contribution in [2.75, 3.05) is 39.4 Å². The molecular weight excluding hydrogens is 515 g/mol.